The van der Waals surface area contributed by atoms with E-state index in [0.29, 0.717) is 18.1 Å². The van der Waals surface area contributed by atoms with Gasteiger partial charge in [0.2, 0.25) is 11.8 Å². The van der Waals surface area contributed by atoms with Crippen LogP contribution in [0.3, 0.4) is 0 Å². The normalized spacial score (nSPS) is 16.3. The van der Waals surface area contributed by atoms with Crippen molar-refractivity contribution in [3.63, 3.8) is 0 Å². The summed E-state index contributed by atoms with van der Waals surface area (Å²) in [5, 5.41) is 7.11. The first-order chi connectivity index (χ1) is 10.1. The zero-order chi connectivity index (χ0) is 14.8. The summed E-state index contributed by atoms with van der Waals surface area (Å²) in [6.07, 6.45) is 1.56. The number of carbonyl (C=O) groups is 1. The Labute approximate surface area is 123 Å². The van der Waals surface area contributed by atoms with Gasteiger partial charge < -0.3 is 14.7 Å². The maximum absolute atomic E-state index is 11.8. The molecule has 1 amide bonds. The summed E-state index contributed by atoms with van der Waals surface area (Å²) in [5.74, 6) is 1.36. The lowest BCUT2D eigenvalue weighted by Gasteiger charge is -2.18. The lowest BCUT2D eigenvalue weighted by Crippen LogP contribution is -2.23. The smallest absolute Gasteiger partial charge is 0.248 e. The lowest BCUT2D eigenvalue weighted by molar-refractivity contribution is -0.117. The minimum Gasteiger partial charge on any atom is -0.374 e. The Bertz CT molecular complexity index is 653. The Hall–Kier alpha value is -2.37. The summed E-state index contributed by atoms with van der Waals surface area (Å²) >= 11 is 0. The minimum absolute atomic E-state index is 0.0873. The molecule has 0 unspecified atom stereocenters. The van der Waals surface area contributed by atoms with Crippen molar-refractivity contribution >= 4 is 17.3 Å². The fourth-order valence-corrected chi connectivity index (χ4v) is 2.49. The van der Waals surface area contributed by atoms with E-state index in [9.17, 15) is 4.79 Å². The summed E-state index contributed by atoms with van der Waals surface area (Å²) in [7, 11) is 0. The number of carbonyl (C=O) groups excluding carboxylic acids is 1. The zero-order valence-electron chi connectivity index (χ0n) is 12.2. The SMILES string of the molecule is Cc1noc([C@H](C)Nc2cccc(N3CCCC3=O)c2)n1. The minimum atomic E-state index is -0.0873. The van der Waals surface area contributed by atoms with Gasteiger partial charge in [-0.25, -0.2) is 0 Å². The molecule has 0 aliphatic carbocycles. The molecule has 6 heteroatoms. The van der Waals surface area contributed by atoms with Crippen molar-refractivity contribution < 1.29 is 9.32 Å². The first-order valence-corrected chi connectivity index (χ1v) is 7.10. The first kappa shape index (κ1) is 13.6. The number of benzene rings is 1. The molecule has 2 heterocycles. The molecule has 21 heavy (non-hydrogen) atoms. The summed E-state index contributed by atoms with van der Waals surface area (Å²) in [4.78, 5) is 17.8. The van der Waals surface area contributed by atoms with Crippen LogP contribution in [-0.2, 0) is 4.79 Å². The molecule has 0 radical (unpaired) electrons. The Morgan fingerprint density at radius 2 is 2.29 bits per heavy atom. The molecule has 2 aromatic rings. The van der Waals surface area contributed by atoms with E-state index in [4.69, 9.17) is 4.52 Å². The maximum atomic E-state index is 11.8. The molecule has 6 nitrogen and oxygen atoms in total. The highest BCUT2D eigenvalue weighted by atomic mass is 16.5. The third-order valence-electron chi connectivity index (χ3n) is 3.53. The van der Waals surface area contributed by atoms with E-state index >= 15 is 0 Å². The quantitative estimate of drug-likeness (QED) is 0.935. The first-order valence-electron chi connectivity index (χ1n) is 7.10. The van der Waals surface area contributed by atoms with Gasteiger partial charge in [0.25, 0.3) is 0 Å². The fourth-order valence-electron chi connectivity index (χ4n) is 2.49. The lowest BCUT2D eigenvalue weighted by atomic mass is 10.2. The monoisotopic (exact) mass is 286 g/mol. The largest absolute Gasteiger partial charge is 0.374 e. The van der Waals surface area contributed by atoms with Gasteiger partial charge in [-0.05, 0) is 38.5 Å². The fraction of sp³-hybridized carbons (Fsp3) is 0.400. The van der Waals surface area contributed by atoms with E-state index in [2.05, 4.69) is 15.5 Å². The van der Waals surface area contributed by atoms with Crippen molar-refractivity contribution in [3.05, 3.63) is 36.0 Å². The molecule has 1 saturated heterocycles. The number of hydrogen-bond acceptors (Lipinski definition) is 5. The number of aryl methyl sites for hydroxylation is 1. The van der Waals surface area contributed by atoms with Crippen LogP contribution in [0.2, 0.25) is 0 Å². The van der Waals surface area contributed by atoms with Gasteiger partial charge in [-0.2, -0.15) is 4.98 Å². The van der Waals surface area contributed by atoms with Crippen LogP contribution >= 0.6 is 0 Å². The van der Waals surface area contributed by atoms with Crippen LogP contribution in [0.4, 0.5) is 11.4 Å². The van der Waals surface area contributed by atoms with Crippen LogP contribution in [0.15, 0.2) is 28.8 Å². The Morgan fingerprint density at radius 1 is 1.43 bits per heavy atom. The molecular formula is C15H18N4O2. The second kappa shape index (κ2) is 5.55. The second-order valence-electron chi connectivity index (χ2n) is 5.25. The standard InChI is InChI=1S/C15H18N4O2/c1-10(15-17-11(2)18-21-15)16-12-5-3-6-13(9-12)19-8-4-7-14(19)20/h3,5-6,9-10,16H,4,7-8H2,1-2H3/t10-/m0/s1. The number of nitrogens with one attached hydrogen (secondary N) is 1. The van der Waals surface area contributed by atoms with Gasteiger partial charge in [-0.15, -0.1) is 0 Å². The van der Waals surface area contributed by atoms with Crippen LogP contribution in [0.25, 0.3) is 0 Å². The number of hydrogen-bond donors (Lipinski definition) is 1. The highest BCUT2D eigenvalue weighted by molar-refractivity contribution is 5.95. The highest BCUT2D eigenvalue weighted by Gasteiger charge is 2.22. The van der Waals surface area contributed by atoms with Crippen LogP contribution < -0.4 is 10.2 Å². The summed E-state index contributed by atoms with van der Waals surface area (Å²) in [6.45, 7) is 4.54. The number of rotatable bonds is 4. The van der Waals surface area contributed by atoms with Gasteiger partial charge in [-0.3, -0.25) is 4.79 Å². The molecule has 1 aromatic heterocycles. The van der Waals surface area contributed by atoms with Gasteiger partial charge in [0.1, 0.15) is 6.04 Å². The highest BCUT2D eigenvalue weighted by Crippen LogP contribution is 2.26. The average Bonchev–Trinajstić information content (AvgIpc) is 3.08. The van der Waals surface area contributed by atoms with Crippen LogP contribution in [0.5, 0.6) is 0 Å². The summed E-state index contributed by atoms with van der Waals surface area (Å²) < 4.78 is 5.16. The maximum Gasteiger partial charge on any atom is 0.248 e. The third kappa shape index (κ3) is 2.89. The van der Waals surface area contributed by atoms with E-state index in [1.165, 1.54) is 0 Å². The molecule has 0 bridgehead atoms. The van der Waals surface area contributed by atoms with Crippen LogP contribution in [0, 0.1) is 6.92 Å². The number of nitrogens with zero attached hydrogens (tertiary/aromatic N) is 3. The van der Waals surface area contributed by atoms with E-state index < -0.39 is 0 Å². The molecular weight excluding hydrogens is 268 g/mol. The van der Waals surface area contributed by atoms with Crippen molar-refractivity contribution in [1.29, 1.82) is 0 Å². The zero-order valence-corrected chi connectivity index (χ0v) is 12.2. The van der Waals surface area contributed by atoms with Crippen molar-refractivity contribution in [2.75, 3.05) is 16.8 Å². The molecule has 1 N–H and O–H groups in total. The topological polar surface area (TPSA) is 71.3 Å². The van der Waals surface area contributed by atoms with E-state index in [1.807, 2.05) is 36.1 Å². The van der Waals surface area contributed by atoms with Gasteiger partial charge in [0.05, 0.1) is 0 Å². The Morgan fingerprint density at radius 3 is 2.95 bits per heavy atom. The van der Waals surface area contributed by atoms with Crippen molar-refractivity contribution in [2.24, 2.45) is 0 Å². The van der Waals surface area contributed by atoms with Crippen molar-refractivity contribution in [3.8, 4) is 0 Å². The number of aromatic nitrogens is 2. The van der Waals surface area contributed by atoms with Crippen LogP contribution in [-0.4, -0.2) is 22.6 Å². The van der Waals surface area contributed by atoms with Gasteiger partial charge in [0, 0.05) is 24.3 Å². The third-order valence-corrected chi connectivity index (χ3v) is 3.53. The van der Waals surface area contributed by atoms with E-state index in [1.54, 1.807) is 6.92 Å². The number of amides is 1. The van der Waals surface area contributed by atoms with E-state index in [-0.39, 0.29) is 11.9 Å². The van der Waals surface area contributed by atoms with Gasteiger partial charge in [0.15, 0.2) is 5.82 Å². The van der Waals surface area contributed by atoms with Crippen LogP contribution in [0.1, 0.15) is 37.5 Å². The molecule has 0 spiro atoms. The number of anilines is 2. The molecule has 1 aromatic carbocycles. The molecule has 1 atom stereocenters. The molecule has 1 aliphatic heterocycles. The van der Waals surface area contributed by atoms with Gasteiger partial charge >= 0.3 is 0 Å². The summed E-state index contributed by atoms with van der Waals surface area (Å²) in [5.41, 5.74) is 1.85. The Balaban J connectivity index is 1.75. The molecule has 1 aliphatic rings. The average molecular weight is 286 g/mol. The molecule has 0 saturated carbocycles. The molecule has 110 valence electrons. The Kier molecular flexibility index (Phi) is 3.60. The predicted octanol–water partition coefficient (Wildman–Crippen LogP) is 2.68. The van der Waals surface area contributed by atoms with E-state index in [0.717, 1.165) is 24.3 Å². The molecule has 1 fully saturated rings. The van der Waals surface area contributed by atoms with Crippen molar-refractivity contribution in [1.82, 2.24) is 10.1 Å². The van der Waals surface area contributed by atoms with Gasteiger partial charge in [-0.1, -0.05) is 11.2 Å². The predicted molar refractivity (Wildman–Crippen MR) is 79.1 cm³/mol. The second-order valence-corrected chi connectivity index (χ2v) is 5.25. The van der Waals surface area contributed by atoms with Crippen molar-refractivity contribution in [2.45, 2.75) is 32.7 Å². The molecule has 3 rings (SSSR count). The summed E-state index contributed by atoms with van der Waals surface area (Å²) in [6, 6.07) is 7.74.